The highest BCUT2D eigenvalue weighted by Gasteiger charge is 2.22. The summed E-state index contributed by atoms with van der Waals surface area (Å²) < 4.78 is 29.2. The van der Waals surface area contributed by atoms with Gasteiger partial charge in [-0.15, -0.1) is 0 Å². The van der Waals surface area contributed by atoms with E-state index in [1.165, 1.54) is 19.2 Å². The number of halogens is 2. The fourth-order valence-electron chi connectivity index (χ4n) is 3.08. The van der Waals surface area contributed by atoms with E-state index in [1.54, 1.807) is 19.1 Å². The highest BCUT2D eigenvalue weighted by atomic mass is 35.5. The fourth-order valence-corrected chi connectivity index (χ4v) is 4.64. The fraction of sp³-hybridized carbons (Fsp3) is 0.227. The first-order valence-electron chi connectivity index (χ1n) is 9.98. The Bertz CT molecular complexity index is 1330. The largest absolute Gasteiger partial charge is 0.324 e. The second-order valence-corrected chi connectivity index (χ2v) is 9.86. The maximum atomic E-state index is 12.8. The van der Waals surface area contributed by atoms with Crippen LogP contribution in [0.3, 0.4) is 0 Å². The van der Waals surface area contributed by atoms with E-state index >= 15 is 0 Å². The second kappa shape index (κ2) is 10.5. The second-order valence-electron chi connectivity index (χ2n) is 7.34. The van der Waals surface area contributed by atoms with Crippen LogP contribution in [0.15, 0.2) is 64.4 Å². The molecule has 0 aliphatic carbocycles. The molecule has 0 saturated carbocycles. The van der Waals surface area contributed by atoms with E-state index in [0.717, 1.165) is 10.2 Å². The number of nitrogens with one attached hydrogen (secondary N) is 2. The summed E-state index contributed by atoms with van der Waals surface area (Å²) >= 11 is 11.6. The van der Waals surface area contributed by atoms with Crippen molar-refractivity contribution in [3.8, 4) is 0 Å². The lowest BCUT2D eigenvalue weighted by atomic mass is 10.2. The molecule has 1 heterocycles. The van der Waals surface area contributed by atoms with Crippen LogP contribution in [-0.2, 0) is 21.2 Å². The number of benzene rings is 2. The molecular weight excluding hydrogens is 487 g/mol. The predicted octanol–water partition coefficient (Wildman–Crippen LogP) is 3.58. The van der Waals surface area contributed by atoms with Crippen LogP contribution >= 0.6 is 23.2 Å². The first-order chi connectivity index (χ1) is 15.6. The van der Waals surface area contributed by atoms with Gasteiger partial charge in [-0.1, -0.05) is 59.6 Å². The highest BCUT2D eigenvalue weighted by molar-refractivity contribution is 7.89. The lowest BCUT2D eigenvalue weighted by molar-refractivity contribution is -0.119. The van der Waals surface area contributed by atoms with Gasteiger partial charge >= 0.3 is 0 Å². The van der Waals surface area contributed by atoms with E-state index in [1.807, 2.05) is 30.3 Å². The van der Waals surface area contributed by atoms with Crippen LogP contribution in [0.1, 0.15) is 24.1 Å². The Kier molecular flexibility index (Phi) is 7.91. The van der Waals surface area contributed by atoms with E-state index in [0.29, 0.717) is 12.0 Å². The summed E-state index contributed by atoms with van der Waals surface area (Å²) in [5, 5.41) is 6.21. The number of carbonyl (C=O) groups is 1. The summed E-state index contributed by atoms with van der Waals surface area (Å²) in [5.41, 5.74) is 1.09. The SMILES string of the molecule is Cc1ccc(NC(=O)[C@H](C)n2ncc(Cl)c(Cl)c2=O)cc1S(=O)(=O)NCCc1ccccc1. The number of anilines is 1. The summed E-state index contributed by atoms with van der Waals surface area (Å²) in [6.07, 6.45) is 1.71. The molecule has 3 rings (SSSR count). The minimum absolute atomic E-state index is 0.0151. The van der Waals surface area contributed by atoms with Gasteiger partial charge in [0.15, 0.2) is 0 Å². The van der Waals surface area contributed by atoms with Crippen molar-refractivity contribution in [2.45, 2.75) is 31.2 Å². The zero-order valence-electron chi connectivity index (χ0n) is 17.9. The topological polar surface area (TPSA) is 110 Å². The molecule has 2 aromatic carbocycles. The molecule has 8 nitrogen and oxygen atoms in total. The number of hydrogen-bond donors (Lipinski definition) is 2. The van der Waals surface area contributed by atoms with Crippen LogP contribution < -0.4 is 15.6 Å². The molecule has 0 saturated heterocycles. The molecule has 1 amide bonds. The van der Waals surface area contributed by atoms with Gasteiger partial charge in [-0.3, -0.25) is 9.59 Å². The lowest BCUT2D eigenvalue weighted by Gasteiger charge is -2.16. The highest BCUT2D eigenvalue weighted by Crippen LogP contribution is 2.21. The van der Waals surface area contributed by atoms with Crippen molar-refractivity contribution in [2.75, 3.05) is 11.9 Å². The number of aromatic nitrogens is 2. The van der Waals surface area contributed by atoms with Gasteiger partial charge in [-0.25, -0.2) is 17.8 Å². The van der Waals surface area contributed by atoms with Gasteiger partial charge in [0.1, 0.15) is 11.1 Å². The van der Waals surface area contributed by atoms with Gasteiger partial charge in [-0.2, -0.15) is 5.10 Å². The smallest absolute Gasteiger partial charge is 0.287 e. The maximum absolute atomic E-state index is 12.8. The molecule has 0 aliphatic heterocycles. The molecule has 0 fully saturated rings. The molecule has 0 spiro atoms. The monoisotopic (exact) mass is 508 g/mol. The summed E-state index contributed by atoms with van der Waals surface area (Å²) in [6.45, 7) is 3.36. The molecule has 1 aromatic heterocycles. The Morgan fingerprint density at radius 2 is 1.85 bits per heavy atom. The summed E-state index contributed by atoms with van der Waals surface area (Å²) in [7, 11) is -3.81. The van der Waals surface area contributed by atoms with Crippen LogP contribution in [0, 0.1) is 6.92 Å². The Hall–Kier alpha value is -2.72. The minimum Gasteiger partial charge on any atom is -0.324 e. The van der Waals surface area contributed by atoms with E-state index < -0.39 is 27.5 Å². The average molecular weight is 509 g/mol. The molecule has 1 atom stereocenters. The number of aryl methyl sites for hydroxylation is 1. The third kappa shape index (κ3) is 6.00. The molecule has 0 radical (unpaired) electrons. The molecule has 0 aliphatic rings. The number of sulfonamides is 1. The van der Waals surface area contributed by atoms with Gasteiger partial charge in [0, 0.05) is 12.2 Å². The van der Waals surface area contributed by atoms with Gasteiger partial charge < -0.3 is 5.32 Å². The molecule has 11 heteroatoms. The summed E-state index contributed by atoms with van der Waals surface area (Å²) in [4.78, 5) is 25.0. The van der Waals surface area contributed by atoms with Crippen LogP contribution in [-0.4, -0.2) is 30.7 Å². The number of carbonyl (C=O) groups excluding carboxylic acids is 1. The van der Waals surface area contributed by atoms with E-state index in [-0.39, 0.29) is 27.2 Å². The van der Waals surface area contributed by atoms with Gasteiger partial charge in [-0.05, 0) is 43.5 Å². The first kappa shape index (κ1) is 24.9. The van der Waals surface area contributed by atoms with Crippen molar-refractivity contribution in [3.63, 3.8) is 0 Å². The van der Waals surface area contributed by atoms with Crippen molar-refractivity contribution in [1.82, 2.24) is 14.5 Å². The predicted molar refractivity (Wildman–Crippen MR) is 128 cm³/mol. The number of amides is 1. The lowest BCUT2D eigenvalue weighted by Crippen LogP contribution is -2.33. The molecule has 0 unspecified atom stereocenters. The molecular formula is C22H22Cl2N4O4S. The van der Waals surface area contributed by atoms with Crippen molar-refractivity contribution >= 4 is 44.8 Å². The number of nitrogens with zero attached hydrogens (tertiary/aromatic N) is 2. The third-order valence-electron chi connectivity index (χ3n) is 4.94. The van der Waals surface area contributed by atoms with Crippen LogP contribution in [0.2, 0.25) is 10.0 Å². The quantitative estimate of drug-likeness (QED) is 0.483. The summed E-state index contributed by atoms with van der Waals surface area (Å²) in [5.74, 6) is -0.577. The molecule has 2 N–H and O–H groups in total. The zero-order chi connectivity index (χ0) is 24.2. The van der Waals surface area contributed by atoms with E-state index in [4.69, 9.17) is 23.2 Å². The van der Waals surface area contributed by atoms with Crippen LogP contribution in [0.4, 0.5) is 5.69 Å². The standard InChI is InChI=1S/C22H22Cl2N4O4S/c1-14-8-9-17(27-21(29)15(2)28-22(30)20(24)18(23)13-25-28)12-19(14)33(31,32)26-11-10-16-6-4-3-5-7-16/h3-9,12-13,15,26H,10-11H2,1-2H3,(H,27,29)/t15-/m0/s1. The van der Waals surface area contributed by atoms with Crippen molar-refractivity contribution in [2.24, 2.45) is 0 Å². The Morgan fingerprint density at radius 3 is 2.55 bits per heavy atom. The molecule has 174 valence electrons. The van der Waals surface area contributed by atoms with Crippen LogP contribution in [0.25, 0.3) is 0 Å². The normalized spacial score (nSPS) is 12.4. The number of rotatable bonds is 8. The summed E-state index contributed by atoms with van der Waals surface area (Å²) in [6, 6.07) is 13.0. The van der Waals surface area contributed by atoms with Crippen molar-refractivity contribution < 1.29 is 13.2 Å². The van der Waals surface area contributed by atoms with Crippen molar-refractivity contribution in [3.05, 3.63) is 86.3 Å². The zero-order valence-corrected chi connectivity index (χ0v) is 20.2. The Labute approximate surface area is 201 Å². The van der Waals surface area contributed by atoms with E-state index in [2.05, 4.69) is 15.1 Å². The van der Waals surface area contributed by atoms with Crippen molar-refractivity contribution in [1.29, 1.82) is 0 Å². The molecule has 0 bridgehead atoms. The van der Waals surface area contributed by atoms with E-state index in [9.17, 15) is 18.0 Å². The Morgan fingerprint density at radius 1 is 1.15 bits per heavy atom. The minimum atomic E-state index is -3.81. The molecule has 3 aromatic rings. The first-order valence-corrected chi connectivity index (χ1v) is 12.2. The average Bonchev–Trinajstić information content (AvgIpc) is 2.79. The maximum Gasteiger partial charge on any atom is 0.287 e. The Balaban J connectivity index is 1.74. The number of hydrogen-bond acceptors (Lipinski definition) is 5. The van der Waals surface area contributed by atoms with Crippen LogP contribution in [0.5, 0.6) is 0 Å². The van der Waals surface area contributed by atoms with Gasteiger partial charge in [0.2, 0.25) is 15.9 Å². The van der Waals surface area contributed by atoms with Gasteiger partial charge in [0.25, 0.3) is 5.56 Å². The molecule has 33 heavy (non-hydrogen) atoms. The van der Waals surface area contributed by atoms with Gasteiger partial charge in [0.05, 0.1) is 16.1 Å². The third-order valence-corrected chi connectivity index (χ3v) is 7.29.